The van der Waals surface area contributed by atoms with Crippen LogP contribution in [0, 0.1) is 5.41 Å². The van der Waals surface area contributed by atoms with Gasteiger partial charge in [-0.15, -0.1) is 0 Å². The van der Waals surface area contributed by atoms with Gasteiger partial charge < -0.3 is 36.1 Å². The molecular weight excluding hydrogens is 574 g/mol. The molecular formula is C26H41N5O8S2. The second-order valence-corrected chi connectivity index (χ2v) is 13.3. The number of methoxy groups -OCH3 is 1. The molecule has 0 radical (unpaired) electrons. The predicted octanol–water partition coefficient (Wildman–Crippen LogP) is -0.197. The zero-order valence-corrected chi connectivity index (χ0v) is 25.5. The molecule has 5 N–H and O–H groups in total. The second-order valence-electron chi connectivity index (χ2n) is 10.6. The average Bonchev–Trinajstić information content (AvgIpc) is 2.89. The molecule has 1 fully saturated rings. The minimum absolute atomic E-state index is 0.0417. The van der Waals surface area contributed by atoms with Crippen LogP contribution in [0.15, 0.2) is 12.2 Å². The molecule has 0 aromatic rings. The highest BCUT2D eigenvalue weighted by molar-refractivity contribution is 8.76. The van der Waals surface area contributed by atoms with Crippen LogP contribution in [0.1, 0.15) is 46.5 Å². The van der Waals surface area contributed by atoms with E-state index in [9.17, 15) is 28.8 Å². The van der Waals surface area contributed by atoms with Gasteiger partial charge in [0.2, 0.25) is 29.5 Å². The minimum Gasteiger partial charge on any atom is -0.456 e. The van der Waals surface area contributed by atoms with Gasteiger partial charge in [0.05, 0.1) is 13.0 Å². The SMILES string of the molecule is COCCNC(=O)CC[C@H]1NC(=O)C[C@H]2/C=C/CCSSC[C@H](NC1=O)C(=O)N[C@H](C(C)(C)C)C(=O)NCC(=O)O2. The standard InChI is InChI=1S/C26H41N5O8S2/c1-26(2,3)22-25(37)28-14-21(34)39-16-7-5-6-12-40-41-15-18(24(36)31-22)30-23(35)17(29-20(33)13-16)8-9-19(32)27-10-11-38-4/h5,7,16-18,22H,6,8-15H2,1-4H3,(H,27,32)(H,28,37)(H,29,33)(H,30,35)(H,31,36)/b7-5+/t16-,17-,18+,22+/m1/s1. The lowest BCUT2D eigenvalue weighted by Gasteiger charge is -2.32. The fourth-order valence-corrected chi connectivity index (χ4v) is 6.05. The van der Waals surface area contributed by atoms with Crippen molar-refractivity contribution in [2.24, 2.45) is 5.41 Å². The smallest absolute Gasteiger partial charge is 0.326 e. The lowest BCUT2D eigenvalue weighted by molar-refractivity contribution is -0.149. The number of rotatable bonds is 6. The van der Waals surface area contributed by atoms with Crippen LogP contribution in [0.3, 0.4) is 0 Å². The van der Waals surface area contributed by atoms with Gasteiger partial charge in [-0.25, -0.2) is 0 Å². The summed E-state index contributed by atoms with van der Waals surface area (Å²) in [5.41, 5.74) is -0.730. The Balaban J connectivity index is 2.42. The van der Waals surface area contributed by atoms with Crippen molar-refractivity contribution in [2.45, 2.75) is 70.7 Å². The summed E-state index contributed by atoms with van der Waals surface area (Å²) in [6.07, 6.45) is 2.67. The number of fused-ring (bicyclic) bond motifs is 7. The molecule has 5 amide bonds. The van der Waals surface area contributed by atoms with Crippen LogP contribution in [-0.4, -0.2) is 98.0 Å². The fraction of sp³-hybridized carbons (Fsp3) is 0.692. The Morgan fingerprint density at radius 3 is 2.54 bits per heavy atom. The third-order valence-electron chi connectivity index (χ3n) is 6.10. The van der Waals surface area contributed by atoms with Gasteiger partial charge in [0.25, 0.3) is 0 Å². The summed E-state index contributed by atoms with van der Waals surface area (Å²) in [4.78, 5) is 77.8. The molecule has 1 saturated heterocycles. The van der Waals surface area contributed by atoms with Crippen LogP contribution in [0.25, 0.3) is 0 Å². The molecule has 2 rings (SSSR count). The summed E-state index contributed by atoms with van der Waals surface area (Å²) in [6.45, 7) is 5.44. The quantitative estimate of drug-likeness (QED) is 0.116. The molecule has 0 spiro atoms. The Kier molecular flexibility index (Phi) is 14.5. The van der Waals surface area contributed by atoms with Gasteiger partial charge in [0.15, 0.2) is 0 Å². The van der Waals surface area contributed by atoms with Crippen molar-refractivity contribution in [3.63, 3.8) is 0 Å². The third-order valence-corrected chi connectivity index (χ3v) is 8.55. The van der Waals surface area contributed by atoms with E-state index in [0.717, 1.165) is 0 Å². The molecule has 0 aliphatic carbocycles. The number of carbonyl (C=O) groups is 6. The van der Waals surface area contributed by atoms with Crippen molar-refractivity contribution in [1.82, 2.24) is 26.6 Å². The maximum absolute atomic E-state index is 13.4. The van der Waals surface area contributed by atoms with E-state index in [2.05, 4.69) is 26.6 Å². The van der Waals surface area contributed by atoms with E-state index < -0.39 is 65.8 Å². The van der Waals surface area contributed by atoms with Gasteiger partial charge in [-0.1, -0.05) is 48.4 Å². The molecule has 0 aromatic carbocycles. The minimum atomic E-state index is -1.15. The van der Waals surface area contributed by atoms with Crippen LogP contribution in [0.4, 0.5) is 0 Å². The molecule has 2 aliphatic heterocycles. The first-order valence-electron chi connectivity index (χ1n) is 13.4. The van der Waals surface area contributed by atoms with Crippen LogP contribution in [-0.2, 0) is 38.2 Å². The zero-order chi connectivity index (χ0) is 30.4. The van der Waals surface area contributed by atoms with Crippen molar-refractivity contribution >= 4 is 57.1 Å². The Morgan fingerprint density at radius 1 is 1.07 bits per heavy atom. The lowest BCUT2D eigenvalue weighted by Crippen LogP contribution is -2.60. The van der Waals surface area contributed by atoms with E-state index in [-0.39, 0.29) is 37.5 Å². The van der Waals surface area contributed by atoms with Gasteiger partial charge in [0.1, 0.15) is 30.8 Å². The second kappa shape index (κ2) is 17.2. The number of nitrogens with one attached hydrogen (secondary N) is 5. The number of hydrogen-bond donors (Lipinski definition) is 5. The van der Waals surface area contributed by atoms with Crippen molar-refractivity contribution in [3.8, 4) is 0 Å². The molecule has 15 heteroatoms. The van der Waals surface area contributed by atoms with Gasteiger partial charge in [0, 0.05) is 31.6 Å². The highest BCUT2D eigenvalue weighted by atomic mass is 33.1. The Labute approximate surface area is 248 Å². The molecule has 41 heavy (non-hydrogen) atoms. The van der Waals surface area contributed by atoms with Crippen LogP contribution < -0.4 is 26.6 Å². The molecule has 2 aliphatic rings. The van der Waals surface area contributed by atoms with Crippen LogP contribution >= 0.6 is 21.6 Å². The Morgan fingerprint density at radius 2 is 1.83 bits per heavy atom. The molecule has 0 unspecified atom stereocenters. The molecule has 13 nitrogen and oxygen atoms in total. The number of allylic oxidation sites excluding steroid dienone is 1. The lowest BCUT2D eigenvalue weighted by atomic mass is 9.86. The molecule has 4 atom stereocenters. The van der Waals surface area contributed by atoms with Crippen molar-refractivity contribution in [2.75, 3.05) is 38.3 Å². The number of amides is 5. The fourth-order valence-electron chi connectivity index (χ4n) is 3.89. The maximum Gasteiger partial charge on any atom is 0.326 e. The summed E-state index contributed by atoms with van der Waals surface area (Å²) >= 11 is 0. The van der Waals surface area contributed by atoms with E-state index in [4.69, 9.17) is 9.47 Å². The van der Waals surface area contributed by atoms with E-state index in [1.807, 2.05) is 0 Å². The average molecular weight is 616 g/mol. The first kappa shape index (κ1) is 34.4. The number of esters is 1. The summed E-state index contributed by atoms with van der Waals surface area (Å²) in [7, 11) is 4.38. The van der Waals surface area contributed by atoms with Gasteiger partial charge in [-0.05, 0) is 24.3 Å². The molecule has 230 valence electrons. The van der Waals surface area contributed by atoms with E-state index >= 15 is 0 Å². The molecule has 0 aromatic heterocycles. The van der Waals surface area contributed by atoms with Crippen molar-refractivity contribution in [3.05, 3.63) is 12.2 Å². The topological polar surface area (TPSA) is 181 Å². The molecule has 0 saturated carbocycles. The predicted molar refractivity (Wildman–Crippen MR) is 156 cm³/mol. The normalized spacial score (nSPS) is 26.4. The van der Waals surface area contributed by atoms with E-state index in [0.29, 0.717) is 18.8 Å². The van der Waals surface area contributed by atoms with E-state index in [1.54, 1.807) is 32.9 Å². The van der Waals surface area contributed by atoms with Crippen LogP contribution in [0.5, 0.6) is 0 Å². The highest BCUT2D eigenvalue weighted by Gasteiger charge is 2.36. The third kappa shape index (κ3) is 12.7. The maximum atomic E-state index is 13.4. The zero-order valence-electron chi connectivity index (χ0n) is 23.9. The summed E-state index contributed by atoms with van der Waals surface area (Å²) in [6, 6.07) is -3.21. The summed E-state index contributed by atoms with van der Waals surface area (Å²) in [5.74, 6) is -2.67. The van der Waals surface area contributed by atoms with Gasteiger partial charge in [-0.2, -0.15) is 0 Å². The number of carbonyl (C=O) groups excluding carboxylic acids is 6. The van der Waals surface area contributed by atoms with Crippen molar-refractivity contribution < 1.29 is 38.2 Å². The Bertz CT molecular complexity index is 987. The van der Waals surface area contributed by atoms with Crippen LogP contribution in [0.2, 0.25) is 0 Å². The van der Waals surface area contributed by atoms with Gasteiger partial charge >= 0.3 is 5.97 Å². The summed E-state index contributed by atoms with van der Waals surface area (Å²) in [5, 5.41) is 13.2. The van der Waals surface area contributed by atoms with E-state index in [1.165, 1.54) is 28.7 Å². The molecule has 2 bridgehead atoms. The number of hydrogen-bond acceptors (Lipinski definition) is 10. The Hall–Kier alpha value is -2.78. The van der Waals surface area contributed by atoms with Gasteiger partial charge in [-0.3, -0.25) is 28.8 Å². The van der Waals surface area contributed by atoms with Crippen molar-refractivity contribution in [1.29, 1.82) is 0 Å². The first-order valence-corrected chi connectivity index (χ1v) is 15.9. The highest BCUT2D eigenvalue weighted by Crippen LogP contribution is 2.24. The largest absolute Gasteiger partial charge is 0.456 e. The number of ether oxygens (including phenoxy) is 2. The summed E-state index contributed by atoms with van der Waals surface area (Å²) < 4.78 is 10.4. The monoisotopic (exact) mass is 615 g/mol. The first-order chi connectivity index (χ1) is 19.4. The molecule has 2 heterocycles.